The molecule has 4 aromatic rings. The quantitative estimate of drug-likeness (QED) is 0.265. The van der Waals surface area contributed by atoms with Gasteiger partial charge in [-0.05, 0) is 11.1 Å². The van der Waals surface area contributed by atoms with Crippen molar-refractivity contribution in [3.8, 4) is 0 Å². The van der Waals surface area contributed by atoms with Crippen LogP contribution in [0.1, 0.15) is 22.4 Å². The molecule has 2 aromatic heterocycles. The van der Waals surface area contributed by atoms with Gasteiger partial charge in [-0.1, -0.05) is 60.7 Å². The van der Waals surface area contributed by atoms with Crippen molar-refractivity contribution < 1.29 is 53.5 Å². The van der Waals surface area contributed by atoms with E-state index in [0.717, 1.165) is 35.1 Å². The first-order chi connectivity index (χ1) is 11.8. The zero-order chi connectivity index (χ0) is 16.4. The van der Waals surface area contributed by atoms with Crippen molar-refractivity contribution in [2.24, 2.45) is 0 Å². The van der Waals surface area contributed by atoms with Gasteiger partial charge < -0.3 is 34.7 Å². The maximum Gasteiger partial charge on any atom is 1.00 e. The molecule has 4 nitrogen and oxygen atoms in total. The molecule has 0 aliphatic rings. The third-order valence-corrected chi connectivity index (χ3v) is 4.23. The molecule has 2 aromatic carbocycles. The molecule has 0 unspecified atom stereocenters. The fourth-order valence-electron chi connectivity index (χ4n) is 3.05. The zero-order valence-corrected chi connectivity index (χ0v) is 18.8. The SMILES string of the molecule is Nc1nc(Cc2ccccc2)c(Cc2ccccc2)c2[nH]cnc12.[I-].[Na+]. The molecule has 0 radical (unpaired) electrons. The van der Waals surface area contributed by atoms with Crippen molar-refractivity contribution in [2.75, 3.05) is 5.73 Å². The number of benzene rings is 2. The molecule has 2 heterocycles. The van der Waals surface area contributed by atoms with Crippen LogP contribution in [-0.4, -0.2) is 15.0 Å². The van der Waals surface area contributed by atoms with Gasteiger partial charge >= 0.3 is 29.6 Å². The molecule has 26 heavy (non-hydrogen) atoms. The first kappa shape index (κ1) is 20.9. The summed E-state index contributed by atoms with van der Waals surface area (Å²) in [6, 6.07) is 20.7. The van der Waals surface area contributed by atoms with E-state index in [2.05, 4.69) is 51.4 Å². The fraction of sp³-hybridized carbons (Fsp3) is 0.100. The molecular formula is C20H18IN4Na. The summed E-state index contributed by atoms with van der Waals surface area (Å²) in [5, 5.41) is 0. The average molecular weight is 464 g/mol. The molecule has 0 saturated heterocycles. The second-order valence-corrected chi connectivity index (χ2v) is 5.87. The molecule has 126 valence electrons. The van der Waals surface area contributed by atoms with E-state index in [-0.39, 0.29) is 53.5 Å². The Hall–Kier alpha value is -1.41. The number of nitrogens with zero attached hydrogens (tertiary/aromatic N) is 2. The predicted molar refractivity (Wildman–Crippen MR) is 96.8 cm³/mol. The van der Waals surface area contributed by atoms with E-state index < -0.39 is 0 Å². The van der Waals surface area contributed by atoms with E-state index in [4.69, 9.17) is 5.73 Å². The van der Waals surface area contributed by atoms with Gasteiger partial charge in [0.05, 0.1) is 17.5 Å². The maximum absolute atomic E-state index is 6.12. The first-order valence-corrected chi connectivity index (χ1v) is 7.99. The second kappa shape index (κ2) is 9.50. The largest absolute Gasteiger partial charge is 1.00 e. The second-order valence-electron chi connectivity index (χ2n) is 5.87. The minimum Gasteiger partial charge on any atom is -1.00 e. The van der Waals surface area contributed by atoms with Crippen LogP contribution in [0.5, 0.6) is 0 Å². The van der Waals surface area contributed by atoms with Gasteiger partial charge in [0.1, 0.15) is 5.52 Å². The van der Waals surface area contributed by atoms with E-state index in [0.29, 0.717) is 5.82 Å². The third kappa shape index (κ3) is 4.46. The third-order valence-electron chi connectivity index (χ3n) is 4.23. The smallest absolute Gasteiger partial charge is 1.00 e. The Morgan fingerprint density at radius 1 is 0.846 bits per heavy atom. The Morgan fingerprint density at radius 3 is 2.04 bits per heavy atom. The summed E-state index contributed by atoms with van der Waals surface area (Å²) >= 11 is 0. The van der Waals surface area contributed by atoms with Crippen molar-refractivity contribution in [2.45, 2.75) is 12.8 Å². The average Bonchev–Trinajstić information content (AvgIpc) is 3.10. The van der Waals surface area contributed by atoms with Gasteiger partial charge in [-0.25, -0.2) is 9.97 Å². The number of nitrogens with two attached hydrogens (primary N) is 1. The van der Waals surface area contributed by atoms with E-state index in [1.807, 2.05) is 24.3 Å². The van der Waals surface area contributed by atoms with Crippen LogP contribution in [0, 0.1) is 0 Å². The number of pyridine rings is 1. The van der Waals surface area contributed by atoms with Gasteiger partial charge in [0, 0.05) is 18.4 Å². The van der Waals surface area contributed by atoms with Gasteiger partial charge in [0.25, 0.3) is 0 Å². The number of H-pyrrole nitrogens is 1. The minimum absolute atomic E-state index is 0. The van der Waals surface area contributed by atoms with Gasteiger partial charge in [-0.15, -0.1) is 0 Å². The van der Waals surface area contributed by atoms with Crippen molar-refractivity contribution in [3.05, 3.63) is 89.4 Å². The zero-order valence-electron chi connectivity index (χ0n) is 14.6. The molecule has 0 bridgehead atoms. The number of anilines is 1. The Balaban J connectivity index is 0.00000121. The molecular weight excluding hydrogens is 446 g/mol. The summed E-state index contributed by atoms with van der Waals surface area (Å²) in [6.45, 7) is 0. The van der Waals surface area contributed by atoms with Crippen LogP contribution in [0.3, 0.4) is 0 Å². The number of hydrogen-bond donors (Lipinski definition) is 2. The Labute approximate surface area is 192 Å². The summed E-state index contributed by atoms with van der Waals surface area (Å²) in [5.41, 5.74) is 12.5. The summed E-state index contributed by atoms with van der Waals surface area (Å²) < 4.78 is 0. The number of nitrogen functional groups attached to an aromatic ring is 1. The van der Waals surface area contributed by atoms with Crippen LogP contribution in [0.2, 0.25) is 0 Å². The molecule has 0 amide bonds. The number of aromatic nitrogens is 3. The van der Waals surface area contributed by atoms with E-state index in [1.165, 1.54) is 11.1 Å². The van der Waals surface area contributed by atoms with Crippen LogP contribution >= 0.6 is 0 Å². The maximum atomic E-state index is 6.12. The molecule has 4 rings (SSSR count). The molecule has 0 aliphatic heterocycles. The number of halogens is 1. The molecule has 0 aliphatic carbocycles. The summed E-state index contributed by atoms with van der Waals surface area (Å²) in [6.07, 6.45) is 3.24. The van der Waals surface area contributed by atoms with E-state index >= 15 is 0 Å². The van der Waals surface area contributed by atoms with E-state index in [1.54, 1.807) is 6.33 Å². The molecule has 0 saturated carbocycles. The Bertz CT molecular complexity index is 971. The molecule has 0 atom stereocenters. The van der Waals surface area contributed by atoms with Crippen molar-refractivity contribution >= 4 is 16.9 Å². The van der Waals surface area contributed by atoms with Gasteiger partial charge in [0.2, 0.25) is 0 Å². The number of rotatable bonds is 4. The summed E-state index contributed by atoms with van der Waals surface area (Å²) in [5.74, 6) is 0.481. The van der Waals surface area contributed by atoms with Crippen molar-refractivity contribution in [3.63, 3.8) is 0 Å². The molecule has 3 N–H and O–H groups in total. The molecule has 6 heteroatoms. The number of nitrogens with one attached hydrogen (secondary N) is 1. The van der Waals surface area contributed by atoms with Crippen LogP contribution < -0.4 is 59.3 Å². The monoisotopic (exact) mass is 464 g/mol. The van der Waals surface area contributed by atoms with Gasteiger partial charge in [-0.2, -0.15) is 0 Å². The van der Waals surface area contributed by atoms with Crippen LogP contribution in [0.25, 0.3) is 11.0 Å². The number of aromatic amines is 1. The summed E-state index contributed by atoms with van der Waals surface area (Å²) in [7, 11) is 0. The van der Waals surface area contributed by atoms with Gasteiger partial charge in [0.15, 0.2) is 5.82 Å². The fourth-order valence-corrected chi connectivity index (χ4v) is 3.05. The van der Waals surface area contributed by atoms with Crippen LogP contribution in [0.4, 0.5) is 5.82 Å². The van der Waals surface area contributed by atoms with Crippen LogP contribution in [-0.2, 0) is 12.8 Å². The molecule has 0 fully saturated rings. The van der Waals surface area contributed by atoms with Crippen LogP contribution in [0.15, 0.2) is 67.0 Å². The number of imidazole rings is 1. The molecule has 0 spiro atoms. The van der Waals surface area contributed by atoms with Crippen molar-refractivity contribution in [1.29, 1.82) is 0 Å². The number of hydrogen-bond acceptors (Lipinski definition) is 3. The van der Waals surface area contributed by atoms with E-state index in [9.17, 15) is 0 Å². The van der Waals surface area contributed by atoms with Crippen molar-refractivity contribution in [1.82, 2.24) is 15.0 Å². The summed E-state index contributed by atoms with van der Waals surface area (Å²) in [4.78, 5) is 12.2. The Kier molecular flexibility index (Phi) is 7.64. The standard InChI is InChI=1S/C20H18N4.HI.Na/c21-20-19-18(22-13-23-19)16(11-14-7-3-1-4-8-14)17(24-20)12-15-9-5-2-6-10-15;;/h1-10,13H,11-12H2,(H2,21,24)(H,22,23);1H;/q;;+1/p-1. The predicted octanol–water partition coefficient (Wildman–Crippen LogP) is -2.27. The Morgan fingerprint density at radius 2 is 1.42 bits per heavy atom. The minimum atomic E-state index is 0. The van der Waals surface area contributed by atoms with Gasteiger partial charge in [-0.3, -0.25) is 0 Å². The normalized spacial score (nSPS) is 10.2. The first-order valence-electron chi connectivity index (χ1n) is 7.99. The number of fused-ring (bicyclic) bond motifs is 1. The topological polar surface area (TPSA) is 67.6 Å².